The number of benzene rings is 1. The summed E-state index contributed by atoms with van der Waals surface area (Å²) in [4.78, 5) is 4.83. The molecule has 4 nitrogen and oxygen atoms in total. The van der Waals surface area contributed by atoms with E-state index in [1.165, 1.54) is 5.56 Å². The number of hydrogen-bond acceptors (Lipinski definition) is 3. The van der Waals surface area contributed by atoms with Crippen LogP contribution < -0.4 is 10.1 Å². The van der Waals surface area contributed by atoms with E-state index in [2.05, 4.69) is 55.7 Å². The smallest absolute Gasteiger partial charge is 0.139 e. The van der Waals surface area contributed by atoms with Gasteiger partial charge in [0.2, 0.25) is 0 Å². The van der Waals surface area contributed by atoms with Gasteiger partial charge in [-0.05, 0) is 51.5 Å². The molecule has 0 radical (unpaired) electrons. The minimum absolute atomic E-state index is 0.0622. The van der Waals surface area contributed by atoms with Crippen molar-refractivity contribution >= 4 is 11.5 Å². The molecule has 2 heterocycles. The average Bonchev–Trinajstić information content (AvgIpc) is 2.84. The Morgan fingerprint density at radius 2 is 1.91 bits per heavy atom. The maximum atomic E-state index is 5.36. The molecule has 0 saturated carbocycles. The molecule has 1 N–H and O–H groups in total. The first-order chi connectivity index (χ1) is 10.9. The molecule has 3 rings (SSSR count). The van der Waals surface area contributed by atoms with Crippen molar-refractivity contribution in [2.45, 2.75) is 33.2 Å². The van der Waals surface area contributed by atoms with Crippen LogP contribution in [0.3, 0.4) is 0 Å². The van der Waals surface area contributed by atoms with Crippen molar-refractivity contribution in [2.75, 3.05) is 12.4 Å². The topological polar surface area (TPSA) is 38.6 Å². The standard InChI is InChI=1S/C19H23N3O/c1-13-9-10-16-20-17(14-7-6-8-15(11-14)23-5)18(22(16)12-13)21-19(2,3)4/h6-12,21H,1-5H3. The Balaban J connectivity index is 2.24. The molecule has 0 atom stereocenters. The zero-order valence-corrected chi connectivity index (χ0v) is 14.3. The van der Waals surface area contributed by atoms with Crippen LogP contribution in [0.1, 0.15) is 26.3 Å². The third-order valence-corrected chi connectivity index (χ3v) is 3.60. The highest BCUT2D eigenvalue weighted by Crippen LogP contribution is 2.32. The van der Waals surface area contributed by atoms with Gasteiger partial charge in [-0.15, -0.1) is 0 Å². The highest BCUT2D eigenvalue weighted by atomic mass is 16.5. The molecule has 0 bridgehead atoms. The van der Waals surface area contributed by atoms with Gasteiger partial charge in [-0.1, -0.05) is 18.2 Å². The Labute approximate surface area is 137 Å². The van der Waals surface area contributed by atoms with E-state index in [9.17, 15) is 0 Å². The maximum Gasteiger partial charge on any atom is 0.139 e. The summed E-state index contributed by atoms with van der Waals surface area (Å²) in [6, 6.07) is 12.1. The number of nitrogens with one attached hydrogen (secondary N) is 1. The second kappa shape index (κ2) is 5.61. The van der Waals surface area contributed by atoms with Crippen molar-refractivity contribution in [2.24, 2.45) is 0 Å². The van der Waals surface area contributed by atoms with Crippen molar-refractivity contribution in [3.63, 3.8) is 0 Å². The Kier molecular flexibility index (Phi) is 3.76. The molecule has 120 valence electrons. The van der Waals surface area contributed by atoms with Crippen LogP contribution in [-0.2, 0) is 0 Å². The summed E-state index contributed by atoms with van der Waals surface area (Å²) >= 11 is 0. The minimum atomic E-state index is -0.0622. The van der Waals surface area contributed by atoms with E-state index in [0.29, 0.717) is 0 Å². The predicted octanol–water partition coefficient (Wildman–Crippen LogP) is 4.53. The number of nitrogens with zero attached hydrogens (tertiary/aromatic N) is 2. The first kappa shape index (κ1) is 15.4. The van der Waals surface area contributed by atoms with Crippen molar-refractivity contribution in [3.05, 3.63) is 48.2 Å². The zero-order chi connectivity index (χ0) is 16.6. The maximum absolute atomic E-state index is 5.36. The van der Waals surface area contributed by atoms with Crippen molar-refractivity contribution in [1.82, 2.24) is 9.38 Å². The number of anilines is 1. The van der Waals surface area contributed by atoms with Crippen molar-refractivity contribution < 1.29 is 4.74 Å². The van der Waals surface area contributed by atoms with Gasteiger partial charge in [0.25, 0.3) is 0 Å². The van der Waals surface area contributed by atoms with Crippen LogP contribution in [0.4, 0.5) is 5.82 Å². The van der Waals surface area contributed by atoms with Gasteiger partial charge in [0.05, 0.1) is 7.11 Å². The number of hydrogen-bond donors (Lipinski definition) is 1. The van der Waals surface area contributed by atoms with Crippen LogP contribution in [0, 0.1) is 6.92 Å². The molecule has 0 fully saturated rings. The number of aryl methyl sites for hydroxylation is 1. The minimum Gasteiger partial charge on any atom is -0.497 e. The molecule has 1 aromatic carbocycles. The Hall–Kier alpha value is -2.49. The quantitative estimate of drug-likeness (QED) is 0.772. The largest absolute Gasteiger partial charge is 0.497 e. The molecular weight excluding hydrogens is 286 g/mol. The second-order valence-electron chi connectivity index (χ2n) is 6.85. The SMILES string of the molecule is COc1cccc(-c2nc3ccc(C)cn3c2NC(C)(C)C)c1. The molecule has 0 aliphatic carbocycles. The van der Waals surface area contributed by atoms with Gasteiger partial charge in [0, 0.05) is 17.3 Å². The monoisotopic (exact) mass is 309 g/mol. The summed E-state index contributed by atoms with van der Waals surface area (Å²) in [5.41, 5.74) is 4.04. The van der Waals surface area contributed by atoms with Gasteiger partial charge >= 0.3 is 0 Å². The third kappa shape index (κ3) is 3.16. The van der Waals surface area contributed by atoms with Crippen LogP contribution in [0.5, 0.6) is 5.75 Å². The highest BCUT2D eigenvalue weighted by molar-refractivity contribution is 5.77. The number of imidazole rings is 1. The van der Waals surface area contributed by atoms with Crippen molar-refractivity contribution in [1.29, 1.82) is 0 Å². The lowest BCUT2D eigenvalue weighted by atomic mass is 10.1. The lowest BCUT2D eigenvalue weighted by Gasteiger charge is -2.22. The van der Waals surface area contributed by atoms with Crippen LogP contribution >= 0.6 is 0 Å². The van der Waals surface area contributed by atoms with E-state index < -0.39 is 0 Å². The molecule has 2 aromatic heterocycles. The number of ether oxygens (including phenoxy) is 1. The molecular formula is C19H23N3O. The Bertz CT molecular complexity index is 843. The first-order valence-electron chi connectivity index (χ1n) is 7.79. The molecule has 0 aliphatic rings. The second-order valence-corrected chi connectivity index (χ2v) is 6.85. The zero-order valence-electron chi connectivity index (χ0n) is 14.3. The van der Waals surface area contributed by atoms with Gasteiger partial charge in [0.1, 0.15) is 22.9 Å². The van der Waals surface area contributed by atoms with Crippen LogP contribution in [0.2, 0.25) is 0 Å². The summed E-state index contributed by atoms with van der Waals surface area (Å²) in [6.07, 6.45) is 2.11. The fourth-order valence-electron chi connectivity index (χ4n) is 2.60. The van der Waals surface area contributed by atoms with Gasteiger partial charge in [-0.3, -0.25) is 4.40 Å². The van der Waals surface area contributed by atoms with E-state index in [1.807, 2.05) is 24.3 Å². The van der Waals surface area contributed by atoms with E-state index in [0.717, 1.165) is 28.5 Å². The van der Waals surface area contributed by atoms with Crippen LogP contribution in [0.25, 0.3) is 16.9 Å². The molecule has 0 unspecified atom stereocenters. The summed E-state index contributed by atoms with van der Waals surface area (Å²) < 4.78 is 7.48. The molecule has 3 aromatic rings. The molecule has 0 spiro atoms. The number of methoxy groups -OCH3 is 1. The molecule has 4 heteroatoms. The van der Waals surface area contributed by atoms with E-state index in [-0.39, 0.29) is 5.54 Å². The summed E-state index contributed by atoms with van der Waals surface area (Å²) in [6.45, 7) is 8.54. The first-order valence-corrected chi connectivity index (χ1v) is 7.79. The van der Waals surface area contributed by atoms with Crippen LogP contribution in [-0.4, -0.2) is 22.0 Å². The lowest BCUT2D eigenvalue weighted by Crippen LogP contribution is -2.27. The predicted molar refractivity (Wildman–Crippen MR) is 95.3 cm³/mol. The summed E-state index contributed by atoms with van der Waals surface area (Å²) in [5.74, 6) is 1.84. The molecule has 0 saturated heterocycles. The summed E-state index contributed by atoms with van der Waals surface area (Å²) in [7, 11) is 1.68. The van der Waals surface area contributed by atoms with Crippen LogP contribution in [0.15, 0.2) is 42.6 Å². The normalized spacial score (nSPS) is 11.7. The Morgan fingerprint density at radius 1 is 1.13 bits per heavy atom. The number of pyridine rings is 1. The van der Waals surface area contributed by atoms with E-state index in [4.69, 9.17) is 9.72 Å². The highest BCUT2D eigenvalue weighted by Gasteiger charge is 2.19. The average molecular weight is 309 g/mol. The molecule has 23 heavy (non-hydrogen) atoms. The fourth-order valence-corrected chi connectivity index (χ4v) is 2.60. The summed E-state index contributed by atoms with van der Waals surface area (Å²) in [5, 5.41) is 3.60. The van der Waals surface area contributed by atoms with E-state index >= 15 is 0 Å². The van der Waals surface area contributed by atoms with Gasteiger partial charge in [-0.2, -0.15) is 0 Å². The van der Waals surface area contributed by atoms with Gasteiger partial charge < -0.3 is 10.1 Å². The van der Waals surface area contributed by atoms with E-state index in [1.54, 1.807) is 7.11 Å². The number of rotatable bonds is 3. The fraction of sp³-hybridized carbons (Fsp3) is 0.316. The third-order valence-electron chi connectivity index (χ3n) is 3.60. The molecule has 0 amide bonds. The van der Waals surface area contributed by atoms with Gasteiger partial charge in [0.15, 0.2) is 0 Å². The van der Waals surface area contributed by atoms with Gasteiger partial charge in [-0.25, -0.2) is 4.98 Å². The van der Waals surface area contributed by atoms with Crippen molar-refractivity contribution in [3.8, 4) is 17.0 Å². The lowest BCUT2D eigenvalue weighted by molar-refractivity contribution is 0.415. The Morgan fingerprint density at radius 3 is 2.61 bits per heavy atom. The number of fused-ring (bicyclic) bond motifs is 1. The number of aromatic nitrogens is 2. The molecule has 0 aliphatic heterocycles.